The van der Waals surface area contributed by atoms with Crippen molar-refractivity contribution in [2.75, 3.05) is 12.9 Å². The van der Waals surface area contributed by atoms with Crippen LogP contribution in [0.5, 0.6) is 0 Å². The number of hydrogen-bond donors (Lipinski definition) is 3. The van der Waals surface area contributed by atoms with Crippen molar-refractivity contribution in [2.24, 2.45) is 5.92 Å². The van der Waals surface area contributed by atoms with E-state index in [2.05, 4.69) is 28.7 Å². The molecule has 1 aromatic heterocycles. The second-order valence-electron chi connectivity index (χ2n) is 8.12. The third-order valence-electron chi connectivity index (χ3n) is 5.85. The Labute approximate surface area is 189 Å². The highest BCUT2D eigenvalue weighted by molar-refractivity contribution is 7.92. The van der Waals surface area contributed by atoms with Crippen molar-refractivity contribution in [1.82, 2.24) is 15.0 Å². The minimum atomic E-state index is -3.90. The van der Waals surface area contributed by atoms with Gasteiger partial charge < -0.3 is 5.11 Å². The van der Waals surface area contributed by atoms with Gasteiger partial charge in [-0.1, -0.05) is 5.92 Å². The number of carbonyl (C=O) groups excluding carboxylic acids is 1. The second-order valence-corrected chi connectivity index (χ2v) is 10.6. The largest absolute Gasteiger partial charge is 0.396 e. The highest BCUT2D eigenvalue weighted by atomic mass is 32.2. The number of halogens is 1. The molecule has 3 N–H and O–H groups in total. The molecule has 3 rings (SSSR count). The lowest BCUT2D eigenvalue weighted by atomic mass is 10.1. The molecule has 9 nitrogen and oxygen atoms in total. The van der Waals surface area contributed by atoms with E-state index in [1.165, 1.54) is 29.4 Å². The summed E-state index contributed by atoms with van der Waals surface area (Å²) in [7, 11) is -3.90. The summed E-state index contributed by atoms with van der Waals surface area (Å²) < 4.78 is 37.3. The van der Waals surface area contributed by atoms with E-state index in [0.29, 0.717) is 11.1 Å². The number of benzene rings is 1. The highest BCUT2D eigenvalue weighted by Gasteiger charge is 2.54. The molecule has 0 spiro atoms. The van der Waals surface area contributed by atoms with E-state index < -0.39 is 37.6 Å². The van der Waals surface area contributed by atoms with Crippen LogP contribution in [-0.4, -0.2) is 57.5 Å². The molecule has 33 heavy (non-hydrogen) atoms. The van der Waals surface area contributed by atoms with Gasteiger partial charge in [0.15, 0.2) is 20.3 Å². The smallest absolute Gasteiger partial charge is 0.264 e. The highest BCUT2D eigenvalue weighted by Crippen LogP contribution is 2.46. The third kappa shape index (κ3) is 4.91. The van der Waals surface area contributed by atoms with Gasteiger partial charge in [-0.05, 0) is 49.3 Å². The standard InChI is InChI=1S/C22H22FN3O6S/c1-21(20(29)25-30,33(2,31)32)9-10-26-14-24-18-11-15(6-7-17(18)19(26)28)5-3-4-8-22(23)12-16(22)13-27/h6-7,11,14,16,27,30H,9-10,12-13H2,1-2H3,(H,25,29)/t16-,21-,22-/m1/s1. The van der Waals surface area contributed by atoms with Gasteiger partial charge in [0.05, 0.1) is 23.8 Å². The maximum absolute atomic E-state index is 13.9. The van der Waals surface area contributed by atoms with Gasteiger partial charge in [0.2, 0.25) is 0 Å². The van der Waals surface area contributed by atoms with Crippen molar-refractivity contribution < 1.29 is 27.9 Å². The first-order valence-corrected chi connectivity index (χ1v) is 11.8. The molecule has 1 saturated carbocycles. The monoisotopic (exact) mass is 475 g/mol. The lowest BCUT2D eigenvalue weighted by Crippen LogP contribution is -2.50. The van der Waals surface area contributed by atoms with E-state index in [9.17, 15) is 22.4 Å². The number of aromatic nitrogens is 2. The number of sulfone groups is 1. The van der Waals surface area contributed by atoms with Crippen molar-refractivity contribution in [3.8, 4) is 23.7 Å². The number of fused-ring (bicyclic) bond motifs is 1. The molecule has 1 aromatic carbocycles. The fraction of sp³-hybridized carbons (Fsp3) is 0.409. The normalized spacial score (nSPS) is 21.2. The maximum Gasteiger partial charge on any atom is 0.264 e. The molecule has 1 aliphatic rings. The Balaban J connectivity index is 1.81. The number of nitrogens with one attached hydrogen (secondary N) is 1. The predicted molar refractivity (Wildman–Crippen MR) is 117 cm³/mol. The molecule has 0 aliphatic heterocycles. The Bertz CT molecular complexity index is 1400. The van der Waals surface area contributed by atoms with Crippen molar-refractivity contribution >= 4 is 26.6 Å². The number of aliphatic hydroxyl groups excluding tert-OH is 1. The quantitative estimate of drug-likeness (QED) is 0.308. The molecule has 3 atom stereocenters. The number of hydrogen-bond acceptors (Lipinski definition) is 7. The van der Waals surface area contributed by atoms with Crippen LogP contribution in [0.15, 0.2) is 29.3 Å². The molecule has 1 fully saturated rings. The van der Waals surface area contributed by atoms with Crippen LogP contribution >= 0.6 is 0 Å². The number of alkyl halides is 1. The van der Waals surface area contributed by atoms with Gasteiger partial charge in [0.1, 0.15) is 0 Å². The summed E-state index contributed by atoms with van der Waals surface area (Å²) in [6, 6.07) is 4.64. The van der Waals surface area contributed by atoms with Crippen LogP contribution in [0.3, 0.4) is 0 Å². The minimum Gasteiger partial charge on any atom is -0.396 e. The molecule has 1 amide bonds. The Kier molecular flexibility index (Phi) is 6.61. The Morgan fingerprint density at radius 3 is 2.76 bits per heavy atom. The second kappa shape index (κ2) is 8.94. The molecule has 0 unspecified atom stereocenters. The number of carbonyl (C=O) groups is 1. The van der Waals surface area contributed by atoms with Gasteiger partial charge in [-0.25, -0.2) is 23.3 Å². The van der Waals surface area contributed by atoms with Gasteiger partial charge in [0.25, 0.3) is 11.5 Å². The van der Waals surface area contributed by atoms with Gasteiger partial charge in [0, 0.05) is 30.7 Å². The lowest BCUT2D eigenvalue weighted by molar-refractivity contribution is -0.131. The van der Waals surface area contributed by atoms with Crippen LogP contribution in [0.4, 0.5) is 4.39 Å². The summed E-state index contributed by atoms with van der Waals surface area (Å²) in [6.45, 7) is 0.781. The van der Waals surface area contributed by atoms with Gasteiger partial charge in [-0.15, -0.1) is 0 Å². The first-order chi connectivity index (χ1) is 15.4. The molecule has 174 valence electrons. The van der Waals surface area contributed by atoms with Crippen LogP contribution in [0.25, 0.3) is 10.9 Å². The Morgan fingerprint density at radius 1 is 1.42 bits per heavy atom. The maximum atomic E-state index is 13.9. The fourth-order valence-electron chi connectivity index (χ4n) is 3.22. The summed E-state index contributed by atoms with van der Waals surface area (Å²) >= 11 is 0. The summed E-state index contributed by atoms with van der Waals surface area (Å²) in [5, 5.41) is 18.1. The van der Waals surface area contributed by atoms with Crippen LogP contribution in [-0.2, 0) is 21.2 Å². The van der Waals surface area contributed by atoms with Crippen LogP contribution in [0.1, 0.15) is 25.3 Å². The summed E-state index contributed by atoms with van der Waals surface area (Å²) in [4.78, 5) is 28.9. The Morgan fingerprint density at radius 2 is 2.15 bits per heavy atom. The van der Waals surface area contributed by atoms with E-state index in [0.717, 1.165) is 6.26 Å². The number of amides is 1. The molecule has 1 heterocycles. The third-order valence-corrected chi connectivity index (χ3v) is 7.87. The van der Waals surface area contributed by atoms with Crippen molar-refractivity contribution in [1.29, 1.82) is 0 Å². The number of aryl methyl sites for hydroxylation is 1. The summed E-state index contributed by atoms with van der Waals surface area (Å²) in [5.74, 6) is 8.58. The van der Waals surface area contributed by atoms with E-state index in [1.54, 1.807) is 12.1 Å². The number of nitrogens with zero attached hydrogens (tertiary/aromatic N) is 2. The SMILES string of the molecule is C[C@@](CCn1cnc2cc(C#CC#C[C@@]3(F)C[C@@H]3CO)ccc2c1=O)(C(=O)NO)S(C)(=O)=O. The van der Waals surface area contributed by atoms with Gasteiger partial charge in [-0.2, -0.15) is 0 Å². The van der Waals surface area contributed by atoms with Crippen molar-refractivity contribution in [2.45, 2.75) is 36.7 Å². The van der Waals surface area contributed by atoms with Gasteiger partial charge in [-0.3, -0.25) is 19.4 Å². The number of rotatable bonds is 6. The summed E-state index contributed by atoms with van der Waals surface area (Å²) in [5.41, 5.74) is 0.0973. The zero-order chi connectivity index (χ0) is 24.4. The molecule has 11 heteroatoms. The predicted octanol–water partition coefficient (Wildman–Crippen LogP) is 0.171. The molecule has 0 bridgehead atoms. The van der Waals surface area contributed by atoms with E-state index in [1.807, 2.05) is 0 Å². The van der Waals surface area contributed by atoms with Gasteiger partial charge >= 0.3 is 0 Å². The number of aliphatic hydroxyl groups is 1. The van der Waals surface area contributed by atoms with Crippen LogP contribution in [0, 0.1) is 29.6 Å². The molecular formula is C22H22FN3O6S. The lowest BCUT2D eigenvalue weighted by Gasteiger charge is -2.25. The van der Waals surface area contributed by atoms with Crippen LogP contribution < -0.4 is 11.0 Å². The first-order valence-electron chi connectivity index (χ1n) is 9.91. The van der Waals surface area contributed by atoms with E-state index in [-0.39, 0.29) is 31.4 Å². The van der Waals surface area contributed by atoms with Crippen molar-refractivity contribution in [3.05, 3.63) is 40.4 Å². The fourth-order valence-corrected chi connectivity index (χ4v) is 4.06. The molecule has 0 radical (unpaired) electrons. The zero-order valence-corrected chi connectivity index (χ0v) is 18.7. The molecule has 1 aliphatic carbocycles. The van der Waals surface area contributed by atoms with E-state index in [4.69, 9.17) is 10.3 Å². The molecule has 2 aromatic rings. The summed E-state index contributed by atoms with van der Waals surface area (Å²) in [6.07, 6.45) is 2.04. The molecule has 0 saturated heterocycles. The number of hydroxylamine groups is 1. The van der Waals surface area contributed by atoms with E-state index >= 15 is 0 Å². The topological polar surface area (TPSA) is 139 Å². The average Bonchev–Trinajstić information content (AvgIpc) is 3.44. The average molecular weight is 475 g/mol. The van der Waals surface area contributed by atoms with Crippen LogP contribution in [0.2, 0.25) is 0 Å². The first kappa shape index (κ1) is 24.4. The molecular weight excluding hydrogens is 453 g/mol. The zero-order valence-electron chi connectivity index (χ0n) is 17.9. The minimum absolute atomic E-state index is 0.129. The Hall–Kier alpha value is -3.25. The van der Waals surface area contributed by atoms with Crippen molar-refractivity contribution in [3.63, 3.8) is 0 Å².